The largest absolute Gasteiger partial charge is 0.506 e. The Bertz CT molecular complexity index is 500. The number of allylic oxidation sites excluding steroid dienone is 1. The van der Waals surface area contributed by atoms with Gasteiger partial charge in [-0.3, -0.25) is 0 Å². The topological polar surface area (TPSA) is 53.8 Å². The van der Waals surface area contributed by atoms with E-state index in [1.807, 2.05) is 6.08 Å². The van der Waals surface area contributed by atoms with Gasteiger partial charge in [0.1, 0.15) is 11.6 Å². The average molecular weight is 281 g/mol. The van der Waals surface area contributed by atoms with E-state index in [2.05, 4.69) is 10.3 Å². The lowest BCUT2D eigenvalue weighted by Crippen LogP contribution is -2.25. The molecule has 1 aliphatic heterocycles. The van der Waals surface area contributed by atoms with Crippen molar-refractivity contribution in [1.82, 2.24) is 0 Å². The highest BCUT2D eigenvalue weighted by molar-refractivity contribution is 6.30. The summed E-state index contributed by atoms with van der Waals surface area (Å²) in [5.41, 5.74) is 0.612. The molecule has 0 aliphatic carbocycles. The van der Waals surface area contributed by atoms with Crippen LogP contribution in [0.1, 0.15) is 12.8 Å². The maximum absolute atomic E-state index is 9.84. The lowest BCUT2D eigenvalue weighted by molar-refractivity contribution is 0.186. The van der Waals surface area contributed by atoms with Crippen molar-refractivity contribution in [2.24, 2.45) is 10.9 Å². The molecule has 0 fully saturated rings. The van der Waals surface area contributed by atoms with Crippen molar-refractivity contribution in [3.05, 3.63) is 35.5 Å². The molecule has 0 saturated carbocycles. The van der Waals surface area contributed by atoms with Crippen LogP contribution in [0, 0.1) is 5.92 Å². The number of phenolic OH excluding ortho intramolecular Hbond substituents is 1. The first-order chi connectivity index (χ1) is 9.20. The van der Waals surface area contributed by atoms with Gasteiger partial charge >= 0.3 is 0 Å². The Morgan fingerprint density at radius 1 is 1.53 bits per heavy atom. The number of halogens is 1. The fourth-order valence-electron chi connectivity index (χ4n) is 1.97. The average Bonchev–Trinajstić information content (AvgIpc) is 2.41. The highest BCUT2D eigenvalue weighted by Crippen LogP contribution is 2.28. The molecular formula is C14H17ClN2O2. The number of aromatic hydroxyl groups is 1. The van der Waals surface area contributed by atoms with E-state index >= 15 is 0 Å². The van der Waals surface area contributed by atoms with Crippen molar-refractivity contribution in [2.45, 2.75) is 12.8 Å². The molecule has 1 unspecified atom stereocenters. The summed E-state index contributed by atoms with van der Waals surface area (Å²) in [5.74, 6) is 1.24. The van der Waals surface area contributed by atoms with Crippen LogP contribution < -0.4 is 5.32 Å². The molecule has 2 N–H and O–H groups in total. The van der Waals surface area contributed by atoms with Gasteiger partial charge < -0.3 is 15.2 Å². The first-order valence-corrected chi connectivity index (χ1v) is 6.55. The van der Waals surface area contributed by atoms with Gasteiger partial charge in [-0.05, 0) is 25.0 Å². The molecule has 1 aromatic rings. The zero-order chi connectivity index (χ0) is 13.7. The number of ether oxygens (including phenoxy) is 1. The minimum atomic E-state index is 0.121. The molecule has 0 aromatic heterocycles. The Labute approximate surface area is 117 Å². The van der Waals surface area contributed by atoms with Crippen LogP contribution in [0.25, 0.3) is 0 Å². The maximum Gasteiger partial charge on any atom is 0.140 e. The van der Waals surface area contributed by atoms with Crippen molar-refractivity contribution in [3.63, 3.8) is 0 Å². The highest BCUT2D eigenvalue weighted by atomic mass is 35.5. The fraction of sp³-hybridized carbons (Fsp3) is 0.357. The van der Waals surface area contributed by atoms with E-state index < -0.39 is 0 Å². The number of nitrogens with zero attached hydrogens (tertiary/aromatic N) is 1. The predicted octanol–water partition coefficient (Wildman–Crippen LogP) is 3.43. The molecule has 1 heterocycles. The summed E-state index contributed by atoms with van der Waals surface area (Å²) in [5, 5.41) is 13.5. The lowest BCUT2D eigenvalue weighted by atomic mass is 9.98. The van der Waals surface area contributed by atoms with Crippen LogP contribution in [0.4, 0.5) is 5.69 Å². The number of nitrogens with one attached hydrogen (secondary N) is 1. The second-order valence-corrected chi connectivity index (χ2v) is 4.84. The lowest BCUT2D eigenvalue weighted by Gasteiger charge is -2.21. The summed E-state index contributed by atoms with van der Waals surface area (Å²) < 4.78 is 5.11. The number of amidine groups is 1. The van der Waals surface area contributed by atoms with Gasteiger partial charge in [0.15, 0.2) is 0 Å². The summed E-state index contributed by atoms with van der Waals surface area (Å²) in [6, 6.07) is 4.98. The summed E-state index contributed by atoms with van der Waals surface area (Å²) in [6.45, 7) is 0.686. The summed E-state index contributed by atoms with van der Waals surface area (Å²) in [7, 11) is 1.69. The number of aliphatic imine (C=N–C) groups is 1. The predicted molar refractivity (Wildman–Crippen MR) is 77.9 cm³/mol. The summed E-state index contributed by atoms with van der Waals surface area (Å²) in [4.78, 5) is 4.35. The van der Waals surface area contributed by atoms with Gasteiger partial charge in [-0.25, -0.2) is 4.99 Å². The maximum atomic E-state index is 9.84. The van der Waals surface area contributed by atoms with Gasteiger partial charge in [-0.2, -0.15) is 0 Å². The Hall–Kier alpha value is -1.52. The van der Waals surface area contributed by atoms with E-state index in [9.17, 15) is 5.11 Å². The van der Waals surface area contributed by atoms with E-state index in [0.29, 0.717) is 17.3 Å². The smallest absolute Gasteiger partial charge is 0.140 e. The minimum Gasteiger partial charge on any atom is -0.506 e. The first-order valence-electron chi connectivity index (χ1n) is 6.18. The third kappa shape index (κ3) is 3.72. The Morgan fingerprint density at radius 2 is 2.37 bits per heavy atom. The second-order valence-electron chi connectivity index (χ2n) is 4.40. The van der Waals surface area contributed by atoms with Crippen molar-refractivity contribution in [2.75, 3.05) is 19.0 Å². The van der Waals surface area contributed by atoms with Gasteiger partial charge in [0.05, 0.1) is 5.69 Å². The molecule has 0 bridgehead atoms. The molecule has 0 radical (unpaired) electrons. The van der Waals surface area contributed by atoms with E-state index in [0.717, 1.165) is 18.7 Å². The molecule has 2 rings (SSSR count). The number of benzene rings is 1. The van der Waals surface area contributed by atoms with Gasteiger partial charge in [-0.1, -0.05) is 17.7 Å². The molecule has 102 valence electrons. The second kappa shape index (κ2) is 6.59. The van der Waals surface area contributed by atoms with Gasteiger partial charge in [-0.15, -0.1) is 0 Å². The number of rotatable bonds is 4. The van der Waals surface area contributed by atoms with Crippen LogP contribution in [0.3, 0.4) is 0 Å². The molecule has 5 heteroatoms. The van der Waals surface area contributed by atoms with Gasteiger partial charge in [0, 0.05) is 36.9 Å². The van der Waals surface area contributed by atoms with E-state index in [4.69, 9.17) is 16.3 Å². The Kier molecular flexibility index (Phi) is 4.82. The monoisotopic (exact) mass is 280 g/mol. The number of anilines is 1. The fourth-order valence-corrected chi connectivity index (χ4v) is 2.14. The van der Waals surface area contributed by atoms with Crippen molar-refractivity contribution >= 4 is 23.1 Å². The van der Waals surface area contributed by atoms with Crippen molar-refractivity contribution in [1.29, 1.82) is 0 Å². The van der Waals surface area contributed by atoms with Gasteiger partial charge in [0.2, 0.25) is 0 Å². The summed E-state index contributed by atoms with van der Waals surface area (Å²) in [6.07, 6.45) is 5.62. The molecule has 4 nitrogen and oxygen atoms in total. The van der Waals surface area contributed by atoms with Crippen LogP contribution in [0.2, 0.25) is 5.02 Å². The number of phenols is 1. The molecule has 19 heavy (non-hydrogen) atoms. The molecule has 0 spiro atoms. The van der Waals surface area contributed by atoms with Crippen LogP contribution >= 0.6 is 11.6 Å². The van der Waals surface area contributed by atoms with E-state index in [1.54, 1.807) is 25.4 Å². The SMILES string of the molecule is COCCC1CC=CN=C1Nc1ccc(Cl)cc1O. The highest BCUT2D eigenvalue weighted by Gasteiger charge is 2.18. The Morgan fingerprint density at radius 3 is 3.11 bits per heavy atom. The van der Waals surface area contributed by atoms with Crippen molar-refractivity contribution in [3.8, 4) is 5.75 Å². The molecule has 1 aliphatic rings. The van der Waals surface area contributed by atoms with Crippen LogP contribution in [-0.2, 0) is 4.74 Å². The molecular weight excluding hydrogens is 264 g/mol. The zero-order valence-corrected chi connectivity index (χ0v) is 11.5. The quantitative estimate of drug-likeness (QED) is 0.831. The van der Waals surface area contributed by atoms with E-state index in [1.165, 1.54) is 6.07 Å². The van der Waals surface area contributed by atoms with E-state index in [-0.39, 0.29) is 11.7 Å². The summed E-state index contributed by atoms with van der Waals surface area (Å²) >= 11 is 5.81. The number of methoxy groups -OCH3 is 1. The number of hydrogen-bond acceptors (Lipinski definition) is 4. The molecule has 0 saturated heterocycles. The van der Waals surface area contributed by atoms with Crippen LogP contribution in [0.15, 0.2) is 35.5 Å². The normalized spacial score (nSPS) is 18.2. The van der Waals surface area contributed by atoms with Crippen LogP contribution in [-0.4, -0.2) is 24.7 Å². The third-order valence-electron chi connectivity index (χ3n) is 3.02. The standard InChI is InChI=1S/C14H17ClN2O2/c1-19-8-6-10-3-2-7-16-14(10)17-12-5-4-11(15)9-13(12)18/h2,4-5,7,9-10,18H,3,6,8H2,1H3,(H,16,17). The Balaban J connectivity index is 2.11. The van der Waals surface area contributed by atoms with Crippen molar-refractivity contribution < 1.29 is 9.84 Å². The molecule has 1 aromatic carbocycles. The van der Waals surface area contributed by atoms with Gasteiger partial charge in [0.25, 0.3) is 0 Å². The zero-order valence-electron chi connectivity index (χ0n) is 10.8. The first kappa shape index (κ1) is 13.9. The molecule has 1 atom stereocenters. The minimum absolute atomic E-state index is 0.121. The third-order valence-corrected chi connectivity index (χ3v) is 3.25. The number of hydrogen-bond donors (Lipinski definition) is 2. The molecule has 0 amide bonds. The van der Waals surface area contributed by atoms with Crippen LogP contribution in [0.5, 0.6) is 5.75 Å².